The minimum Gasteiger partial charge on any atom is -0.488 e. The number of ether oxygens (including phenoxy) is 1. The standard InChI is InChI=1S/C19H13NO3/c21-18-15-7-3-2-6-14(15)16(19(22)20-18)10-12-9-13-5-1-4-8-17(13)23-11-12/h1-10H,11H2,(H,20,21,22). The monoisotopic (exact) mass is 303 g/mol. The van der Waals surface area contributed by atoms with Gasteiger partial charge >= 0.3 is 0 Å². The van der Waals surface area contributed by atoms with Gasteiger partial charge in [0.15, 0.2) is 0 Å². The summed E-state index contributed by atoms with van der Waals surface area (Å²) in [4.78, 5) is 24.1. The molecule has 0 fully saturated rings. The largest absolute Gasteiger partial charge is 0.488 e. The maximum Gasteiger partial charge on any atom is 0.258 e. The van der Waals surface area contributed by atoms with Crippen LogP contribution in [0.5, 0.6) is 5.75 Å². The lowest BCUT2D eigenvalue weighted by molar-refractivity contribution is -0.114. The molecule has 2 heterocycles. The molecule has 0 saturated carbocycles. The Balaban J connectivity index is 1.80. The molecule has 0 radical (unpaired) electrons. The fourth-order valence-electron chi connectivity index (χ4n) is 2.82. The lowest BCUT2D eigenvalue weighted by Crippen LogP contribution is -2.36. The number of rotatable bonds is 1. The van der Waals surface area contributed by atoms with Crippen molar-refractivity contribution in [2.45, 2.75) is 0 Å². The van der Waals surface area contributed by atoms with Crippen molar-refractivity contribution < 1.29 is 14.3 Å². The quantitative estimate of drug-likeness (QED) is 0.651. The van der Waals surface area contributed by atoms with Gasteiger partial charge in [-0.3, -0.25) is 14.9 Å². The first kappa shape index (κ1) is 13.5. The van der Waals surface area contributed by atoms with Crippen LogP contribution in [0.25, 0.3) is 11.6 Å². The summed E-state index contributed by atoms with van der Waals surface area (Å²) < 4.78 is 5.71. The minimum absolute atomic E-state index is 0.359. The summed E-state index contributed by atoms with van der Waals surface area (Å²) in [5.74, 6) is 0.0914. The number of benzene rings is 2. The molecule has 0 aliphatic carbocycles. The molecule has 0 bridgehead atoms. The number of para-hydroxylation sites is 1. The Hall–Kier alpha value is -3.14. The van der Waals surface area contributed by atoms with Crippen molar-refractivity contribution in [1.29, 1.82) is 0 Å². The van der Waals surface area contributed by atoms with Crippen LogP contribution in [0.4, 0.5) is 0 Å². The molecule has 0 spiro atoms. The molecule has 23 heavy (non-hydrogen) atoms. The van der Waals surface area contributed by atoms with Gasteiger partial charge in [-0.15, -0.1) is 0 Å². The van der Waals surface area contributed by atoms with E-state index in [4.69, 9.17) is 4.74 Å². The van der Waals surface area contributed by atoms with Crippen LogP contribution in [0.1, 0.15) is 21.5 Å². The van der Waals surface area contributed by atoms with Gasteiger partial charge in [0.1, 0.15) is 12.4 Å². The summed E-state index contributed by atoms with van der Waals surface area (Å²) in [6.07, 6.45) is 3.79. The Morgan fingerprint density at radius 2 is 1.65 bits per heavy atom. The van der Waals surface area contributed by atoms with Gasteiger partial charge in [-0.05, 0) is 35.4 Å². The first-order chi connectivity index (χ1) is 11.2. The van der Waals surface area contributed by atoms with E-state index < -0.39 is 0 Å². The SMILES string of the molecule is O=C1NC(=O)c2ccccc2C1=CC1=Cc2ccccc2OC1. The second-order valence-electron chi connectivity index (χ2n) is 5.43. The van der Waals surface area contributed by atoms with Crippen LogP contribution >= 0.6 is 0 Å². The van der Waals surface area contributed by atoms with E-state index in [1.165, 1.54) is 0 Å². The van der Waals surface area contributed by atoms with E-state index in [0.29, 0.717) is 23.3 Å². The summed E-state index contributed by atoms with van der Waals surface area (Å²) in [6, 6.07) is 14.8. The third kappa shape index (κ3) is 2.34. The zero-order valence-electron chi connectivity index (χ0n) is 12.2. The van der Waals surface area contributed by atoms with Gasteiger partial charge in [-0.2, -0.15) is 0 Å². The van der Waals surface area contributed by atoms with Crippen LogP contribution < -0.4 is 10.1 Å². The lowest BCUT2D eigenvalue weighted by atomic mass is 9.93. The molecular formula is C19H13NO3. The molecule has 4 heteroatoms. The van der Waals surface area contributed by atoms with E-state index in [1.54, 1.807) is 24.3 Å². The number of imide groups is 1. The molecule has 4 nitrogen and oxygen atoms in total. The van der Waals surface area contributed by atoms with Crippen molar-refractivity contribution >= 4 is 23.5 Å². The molecule has 0 unspecified atom stereocenters. The zero-order valence-corrected chi connectivity index (χ0v) is 12.2. The van der Waals surface area contributed by atoms with E-state index in [-0.39, 0.29) is 11.8 Å². The number of carbonyl (C=O) groups excluding carboxylic acids is 2. The summed E-state index contributed by atoms with van der Waals surface area (Å²) >= 11 is 0. The molecule has 4 rings (SSSR count). The highest BCUT2D eigenvalue weighted by atomic mass is 16.5. The number of carbonyl (C=O) groups is 2. The van der Waals surface area contributed by atoms with E-state index >= 15 is 0 Å². The van der Waals surface area contributed by atoms with Gasteiger partial charge in [0.2, 0.25) is 0 Å². The summed E-state index contributed by atoms with van der Waals surface area (Å²) in [7, 11) is 0. The Morgan fingerprint density at radius 1 is 0.913 bits per heavy atom. The molecule has 2 aromatic carbocycles. The van der Waals surface area contributed by atoms with Gasteiger partial charge < -0.3 is 4.74 Å². The van der Waals surface area contributed by atoms with Crippen LogP contribution in [-0.2, 0) is 4.79 Å². The molecule has 1 N–H and O–H groups in total. The molecule has 2 aliphatic heterocycles. The summed E-state index contributed by atoms with van der Waals surface area (Å²) in [5.41, 5.74) is 3.51. The van der Waals surface area contributed by atoms with Gasteiger partial charge in [0, 0.05) is 16.7 Å². The second kappa shape index (κ2) is 5.25. The molecule has 0 saturated heterocycles. The zero-order chi connectivity index (χ0) is 15.8. The Labute approximate surface area is 133 Å². The van der Waals surface area contributed by atoms with Crippen molar-refractivity contribution in [3.8, 4) is 5.75 Å². The van der Waals surface area contributed by atoms with E-state index in [9.17, 15) is 9.59 Å². The Morgan fingerprint density at radius 3 is 2.52 bits per heavy atom. The van der Waals surface area contributed by atoms with Crippen molar-refractivity contribution in [3.63, 3.8) is 0 Å². The van der Waals surface area contributed by atoms with Gasteiger partial charge in [0.25, 0.3) is 11.8 Å². The Kier molecular flexibility index (Phi) is 3.08. The average Bonchev–Trinajstić information content (AvgIpc) is 2.58. The van der Waals surface area contributed by atoms with Crippen molar-refractivity contribution in [1.82, 2.24) is 5.32 Å². The highest BCUT2D eigenvalue weighted by Crippen LogP contribution is 2.29. The number of hydrogen-bond acceptors (Lipinski definition) is 3. The highest BCUT2D eigenvalue weighted by molar-refractivity contribution is 6.31. The fourth-order valence-corrected chi connectivity index (χ4v) is 2.82. The molecule has 0 aromatic heterocycles. The number of nitrogens with one attached hydrogen (secondary N) is 1. The van der Waals surface area contributed by atoms with Crippen LogP contribution in [0.2, 0.25) is 0 Å². The number of hydrogen-bond donors (Lipinski definition) is 1. The number of fused-ring (bicyclic) bond motifs is 2. The topological polar surface area (TPSA) is 55.4 Å². The van der Waals surface area contributed by atoms with Gasteiger partial charge in [-0.25, -0.2) is 0 Å². The first-order valence-electron chi connectivity index (χ1n) is 7.31. The predicted molar refractivity (Wildman–Crippen MR) is 86.8 cm³/mol. The van der Waals surface area contributed by atoms with Crippen molar-refractivity contribution in [2.24, 2.45) is 0 Å². The maximum atomic E-state index is 12.2. The molecule has 2 aromatic rings. The van der Waals surface area contributed by atoms with Gasteiger partial charge in [-0.1, -0.05) is 36.4 Å². The smallest absolute Gasteiger partial charge is 0.258 e. The molecular weight excluding hydrogens is 290 g/mol. The Bertz CT molecular complexity index is 893. The molecule has 112 valence electrons. The van der Waals surface area contributed by atoms with Crippen molar-refractivity contribution in [2.75, 3.05) is 6.61 Å². The van der Waals surface area contributed by atoms with E-state index in [0.717, 1.165) is 16.9 Å². The molecule has 2 aliphatic rings. The fraction of sp³-hybridized carbons (Fsp3) is 0.0526. The van der Waals surface area contributed by atoms with Crippen LogP contribution in [0.3, 0.4) is 0 Å². The van der Waals surface area contributed by atoms with E-state index in [1.807, 2.05) is 36.4 Å². The second-order valence-corrected chi connectivity index (χ2v) is 5.43. The third-order valence-electron chi connectivity index (χ3n) is 3.92. The maximum absolute atomic E-state index is 12.2. The average molecular weight is 303 g/mol. The highest BCUT2D eigenvalue weighted by Gasteiger charge is 2.27. The molecule has 2 amide bonds. The predicted octanol–water partition coefficient (Wildman–Crippen LogP) is 2.82. The van der Waals surface area contributed by atoms with Crippen LogP contribution in [-0.4, -0.2) is 18.4 Å². The first-order valence-corrected chi connectivity index (χ1v) is 7.31. The minimum atomic E-state index is -0.381. The number of amides is 2. The van der Waals surface area contributed by atoms with Gasteiger partial charge in [0.05, 0.1) is 0 Å². The molecule has 0 atom stereocenters. The van der Waals surface area contributed by atoms with Crippen molar-refractivity contribution in [3.05, 3.63) is 76.9 Å². The third-order valence-corrected chi connectivity index (χ3v) is 3.92. The van der Waals surface area contributed by atoms with Crippen LogP contribution in [0, 0.1) is 0 Å². The normalized spacial score (nSPS) is 17.7. The lowest BCUT2D eigenvalue weighted by Gasteiger charge is -2.20. The summed E-state index contributed by atoms with van der Waals surface area (Å²) in [6.45, 7) is 0.393. The summed E-state index contributed by atoms with van der Waals surface area (Å²) in [5, 5.41) is 2.38. The van der Waals surface area contributed by atoms with E-state index in [2.05, 4.69) is 5.32 Å². The van der Waals surface area contributed by atoms with Crippen LogP contribution in [0.15, 0.2) is 60.2 Å².